The highest BCUT2D eigenvalue weighted by Gasteiger charge is 2.24. The molecule has 2 N–H and O–H groups in total. The van der Waals surface area contributed by atoms with E-state index in [-0.39, 0.29) is 6.10 Å². The highest BCUT2D eigenvalue weighted by molar-refractivity contribution is 5.39. The first-order valence-corrected chi connectivity index (χ1v) is 7.65. The minimum Gasteiger partial charge on any atom is -0.490 e. The maximum absolute atomic E-state index is 5.87. The molecule has 1 fully saturated rings. The van der Waals surface area contributed by atoms with Crippen LogP contribution in [0.1, 0.15) is 13.8 Å². The van der Waals surface area contributed by atoms with E-state index in [1.807, 2.05) is 31.2 Å². The van der Waals surface area contributed by atoms with E-state index in [4.69, 9.17) is 19.9 Å². The van der Waals surface area contributed by atoms with Crippen molar-refractivity contribution in [1.82, 2.24) is 4.90 Å². The normalized spacial score (nSPS) is 23.0. The summed E-state index contributed by atoms with van der Waals surface area (Å²) in [6, 6.07) is 8.18. The van der Waals surface area contributed by atoms with Gasteiger partial charge < -0.3 is 19.9 Å². The molecule has 1 aromatic rings. The summed E-state index contributed by atoms with van der Waals surface area (Å²) in [4.78, 5) is 2.37. The molecule has 1 heterocycles. The molecule has 21 heavy (non-hydrogen) atoms. The number of morpholine rings is 1. The van der Waals surface area contributed by atoms with Crippen molar-refractivity contribution in [3.63, 3.8) is 0 Å². The minimum atomic E-state index is 0.136. The summed E-state index contributed by atoms with van der Waals surface area (Å²) in [6.45, 7) is 8.44. The zero-order valence-corrected chi connectivity index (χ0v) is 13.0. The Balaban J connectivity index is 1.83. The van der Waals surface area contributed by atoms with Crippen LogP contribution in [0.4, 0.5) is 0 Å². The highest BCUT2D eigenvalue weighted by Crippen LogP contribution is 2.26. The van der Waals surface area contributed by atoms with Gasteiger partial charge >= 0.3 is 0 Å². The molecule has 2 rings (SSSR count). The van der Waals surface area contributed by atoms with Crippen LogP contribution in [0, 0.1) is 0 Å². The topological polar surface area (TPSA) is 57.0 Å². The molecule has 0 spiro atoms. The number of hydrogen-bond acceptors (Lipinski definition) is 5. The van der Waals surface area contributed by atoms with Crippen LogP contribution in [0.2, 0.25) is 0 Å². The zero-order valence-electron chi connectivity index (χ0n) is 13.0. The van der Waals surface area contributed by atoms with Gasteiger partial charge in [-0.3, -0.25) is 4.90 Å². The molecule has 0 amide bonds. The van der Waals surface area contributed by atoms with Crippen molar-refractivity contribution < 1.29 is 14.2 Å². The average molecular weight is 294 g/mol. The van der Waals surface area contributed by atoms with E-state index >= 15 is 0 Å². The molecule has 5 heteroatoms. The molecule has 118 valence electrons. The molecule has 0 aliphatic carbocycles. The Labute approximate surface area is 127 Å². The van der Waals surface area contributed by atoms with Crippen LogP contribution in [-0.4, -0.2) is 56.5 Å². The van der Waals surface area contributed by atoms with E-state index in [2.05, 4.69) is 11.8 Å². The molecule has 0 aromatic heterocycles. The standard InChI is InChI=1S/C16H26N2O3/c1-3-19-15-6-4-5-7-16(15)20-9-8-18-11-14(10-17)21-12-13(18)2/h4-7,13-14H,3,8-12,17H2,1-2H3. The van der Waals surface area contributed by atoms with Crippen LogP contribution in [0.15, 0.2) is 24.3 Å². The van der Waals surface area contributed by atoms with Crippen molar-refractivity contribution in [3.8, 4) is 11.5 Å². The fraction of sp³-hybridized carbons (Fsp3) is 0.625. The lowest BCUT2D eigenvalue weighted by atomic mass is 10.2. The van der Waals surface area contributed by atoms with Gasteiger partial charge in [0.05, 0.1) is 19.3 Å². The van der Waals surface area contributed by atoms with E-state index in [1.165, 1.54) is 0 Å². The molecule has 5 nitrogen and oxygen atoms in total. The summed E-state index contributed by atoms with van der Waals surface area (Å²) in [5.41, 5.74) is 5.68. The van der Waals surface area contributed by atoms with Gasteiger partial charge in [0, 0.05) is 25.7 Å². The van der Waals surface area contributed by atoms with Crippen LogP contribution >= 0.6 is 0 Å². The maximum Gasteiger partial charge on any atom is 0.161 e. The molecule has 0 saturated carbocycles. The van der Waals surface area contributed by atoms with Crippen molar-refractivity contribution in [3.05, 3.63) is 24.3 Å². The van der Waals surface area contributed by atoms with Crippen LogP contribution in [0.3, 0.4) is 0 Å². The Bertz CT molecular complexity index is 428. The van der Waals surface area contributed by atoms with Crippen LogP contribution in [0.25, 0.3) is 0 Å². The lowest BCUT2D eigenvalue weighted by Gasteiger charge is -2.37. The molecule has 2 unspecified atom stereocenters. The highest BCUT2D eigenvalue weighted by atomic mass is 16.5. The molecule has 1 aliphatic heterocycles. The monoisotopic (exact) mass is 294 g/mol. The zero-order chi connectivity index (χ0) is 15.1. The Kier molecular flexibility index (Phi) is 6.29. The number of para-hydroxylation sites is 2. The van der Waals surface area contributed by atoms with Crippen molar-refractivity contribution in [2.24, 2.45) is 5.73 Å². The fourth-order valence-electron chi connectivity index (χ4n) is 2.45. The van der Waals surface area contributed by atoms with Gasteiger partial charge in [-0.2, -0.15) is 0 Å². The third-order valence-electron chi connectivity index (χ3n) is 3.68. The van der Waals surface area contributed by atoms with Gasteiger partial charge in [-0.15, -0.1) is 0 Å². The van der Waals surface area contributed by atoms with Crippen LogP contribution in [0.5, 0.6) is 11.5 Å². The Morgan fingerprint density at radius 2 is 2.00 bits per heavy atom. The quantitative estimate of drug-likeness (QED) is 0.826. The Hall–Kier alpha value is -1.30. The first-order valence-electron chi connectivity index (χ1n) is 7.65. The first kappa shape index (κ1) is 16.1. The molecular formula is C16H26N2O3. The van der Waals surface area contributed by atoms with Crippen LogP contribution in [-0.2, 0) is 4.74 Å². The van der Waals surface area contributed by atoms with Gasteiger partial charge in [-0.05, 0) is 26.0 Å². The fourth-order valence-corrected chi connectivity index (χ4v) is 2.45. The molecule has 1 aromatic carbocycles. The smallest absolute Gasteiger partial charge is 0.161 e. The summed E-state index contributed by atoms with van der Waals surface area (Å²) in [6.07, 6.45) is 0.136. The van der Waals surface area contributed by atoms with E-state index in [0.29, 0.717) is 25.8 Å². The SMILES string of the molecule is CCOc1ccccc1OCCN1CC(CN)OCC1C. The third kappa shape index (κ3) is 4.59. The summed E-state index contributed by atoms with van der Waals surface area (Å²) in [5, 5.41) is 0. The average Bonchev–Trinajstić information content (AvgIpc) is 2.51. The van der Waals surface area contributed by atoms with Gasteiger partial charge in [0.1, 0.15) is 6.61 Å². The number of nitrogens with two attached hydrogens (primary N) is 1. The van der Waals surface area contributed by atoms with Crippen molar-refractivity contribution in [2.75, 3.05) is 39.5 Å². The summed E-state index contributed by atoms with van der Waals surface area (Å²) >= 11 is 0. The van der Waals surface area contributed by atoms with Crippen molar-refractivity contribution in [1.29, 1.82) is 0 Å². The van der Waals surface area contributed by atoms with Gasteiger partial charge in [-0.25, -0.2) is 0 Å². The molecule has 0 radical (unpaired) electrons. The maximum atomic E-state index is 5.87. The minimum absolute atomic E-state index is 0.136. The number of ether oxygens (including phenoxy) is 3. The number of rotatable bonds is 7. The second-order valence-electron chi connectivity index (χ2n) is 5.26. The number of benzene rings is 1. The second-order valence-corrected chi connectivity index (χ2v) is 5.26. The first-order chi connectivity index (χ1) is 10.2. The lowest BCUT2D eigenvalue weighted by molar-refractivity contribution is -0.0563. The lowest BCUT2D eigenvalue weighted by Crippen LogP contribution is -2.51. The summed E-state index contributed by atoms with van der Waals surface area (Å²) in [5.74, 6) is 1.60. The predicted octanol–water partition coefficient (Wildman–Crippen LogP) is 1.51. The summed E-state index contributed by atoms with van der Waals surface area (Å²) in [7, 11) is 0. The number of nitrogens with zero attached hydrogens (tertiary/aromatic N) is 1. The van der Waals surface area contributed by atoms with E-state index in [9.17, 15) is 0 Å². The molecule has 0 bridgehead atoms. The third-order valence-corrected chi connectivity index (χ3v) is 3.68. The molecule has 1 aliphatic rings. The van der Waals surface area contributed by atoms with Gasteiger partial charge in [0.15, 0.2) is 11.5 Å². The number of hydrogen-bond donors (Lipinski definition) is 1. The molecular weight excluding hydrogens is 268 g/mol. The van der Waals surface area contributed by atoms with Crippen LogP contribution < -0.4 is 15.2 Å². The van der Waals surface area contributed by atoms with Gasteiger partial charge in [0.2, 0.25) is 0 Å². The Morgan fingerprint density at radius 3 is 2.67 bits per heavy atom. The second kappa shape index (κ2) is 8.22. The largest absolute Gasteiger partial charge is 0.490 e. The van der Waals surface area contributed by atoms with E-state index in [1.54, 1.807) is 0 Å². The Morgan fingerprint density at radius 1 is 1.29 bits per heavy atom. The molecule has 1 saturated heterocycles. The van der Waals surface area contributed by atoms with E-state index in [0.717, 1.165) is 31.2 Å². The molecule has 2 atom stereocenters. The van der Waals surface area contributed by atoms with Crippen molar-refractivity contribution in [2.45, 2.75) is 26.0 Å². The van der Waals surface area contributed by atoms with E-state index < -0.39 is 0 Å². The van der Waals surface area contributed by atoms with Crippen molar-refractivity contribution >= 4 is 0 Å². The predicted molar refractivity (Wildman–Crippen MR) is 82.9 cm³/mol. The van der Waals surface area contributed by atoms with Gasteiger partial charge in [0.25, 0.3) is 0 Å². The summed E-state index contributed by atoms with van der Waals surface area (Å²) < 4.78 is 17.1. The van der Waals surface area contributed by atoms with Gasteiger partial charge in [-0.1, -0.05) is 12.1 Å².